The molecule has 1 N–H and O–H groups in total. The van der Waals surface area contributed by atoms with Crippen molar-refractivity contribution in [3.8, 4) is 0 Å². The molecule has 0 saturated carbocycles. The van der Waals surface area contributed by atoms with Crippen molar-refractivity contribution in [2.24, 2.45) is 0 Å². The number of amides is 1. The first kappa shape index (κ1) is 16.4. The minimum Gasteiger partial charge on any atom is -0.354 e. The van der Waals surface area contributed by atoms with Crippen molar-refractivity contribution in [1.82, 2.24) is 5.32 Å². The second kappa shape index (κ2) is 7.86. The van der Waals surface area contributed by atoms with Gasteiger partial charge in [0.1, 0.15) is 0 Å². The average Bonchev–Trinajstić information content (AvgIpc) is 2.58. The summed E-state index contributed by atoms with van der Waals surface area (Å²) in [6.45, 7) is 2.66. The van der Waals surface area contributed by atoms with E-state index in [1.54, 1.807) is 0 Å². The zero-order valence-electron chi connectivity index (χ0n) is 12.7. The van der Waals surface area contributed by atoms with Crippen molar-refractivity contribution in [2.75, 3.05) is 6.54 Å². The highest BCUT2D eigenvalue weighted by atomic mass is 31.1. The van der Waals surface area contributed by atoms with Gasteiger partial charge in [0.2, 0.25) is 5.91 Å². The summed E-state index contributed by atoms with van der Waals surface area (Å²) in [5.41, 5.74) is 1.46. The lowest BCUT2D eigenvalue weighted by atomic mass is 9.89. The molecule has 2 rings (SSSR count). The molecule has 2 aromatic rings. The van der Waals surface area contributed by atoms with Crippen LogP contribution in [0.2, 0.25) is 0 Å². The highest BCUT2D eigenvalue weighted by Gasteiger charge is 2.43. The van der Waals surface area contributed by atoms with E-state index < -0.39 is 5.16 Å². The Bertz CT molecular complexity index is 574. The number of rotatable bonds is 7. The van der Waals surface area contributed by atoms with E-state index in [0.717, 1.165) is 24.0 Å². The van der Waals surface area contributed by atoms with Gasteiger partial charge in [-0.2, -0.15) is 0 Å². The second-order valence-electron chi connectivity index (χ2n) is 5.14. The molecule has 0 aromatic heterocycles. The normalized spacial score (nSPS) is 11.3. The Morgan fingerprint density at radius 3 is 1.91 bits per heavy atom. The Morgan fingerprint density at radius 1 is 1.00 bits per heavy atom. The quantitative estimate of drug-likeness (QED) is 0.617. The average molecular weight is 313 g/mol. The maximum atomic E-state index is 12.9. The minimum atomic E-state index is -1.20. The van der Waals surface area contributed by atoms with Gasteiger partial charge in [-0.15, -0.1) is 0 Å². The first-order valence-electron chi connectivity index (χ1n) is 7.49. The topological polar surface area (TPSA) is 46.2 Å². The predicted molar refractivity (Wildman–Crippen MR) is 89.2 cm³/mol. The van der Waals surface area contributed by atoms with Crippen LogP contribution in [0.3, 0.4) is 0 Å². The first-order chi connectivity index (χ1) is 10.8. The molecule has 2 aromatic carbocycles. The number of carbonyl (C=O) groups is 1. The molecule has 0 unspecified atom stereocenters. The Hall–Kier alpha value is -1.99. The highest BCUT2D eigenvalue weighted by molar-refractivity contribution is 7.27. The van der Waals surface area contributed by atoms with Crippen LogP contribution in [0.5, 0.6) is 0 Å². The van der Waals surface area contributed by atoms with Gasteiger partial charge in [-0.05, 0) is 17.5 Å². The number of unbranched alkanes of at least 4 members (excludes halogenated alkanes) is 1. The minimum absolute atomic E-state index is 0.227. The van der Waals surface area contributed by atoms with Gasteiger partial charge < -0.3 is 5.32 Å². The van der Waals surface area contributed by atoms with Gasteiger partial charge in [0.05, 0.1) is 0 Å². The molecule has 0 spiro atoms. The van der Waals surface area contributed by atoms with Crippen LogP contribution in [0.1, 0.15) is 30.9 Å². The number of benzene rings is 2. The summed E-state index contributed by atoms with van der Waals surface area (Å²) in [4.78, 5) is 12.9. The van der Waals surface area contributed by atoms with E-state index in [-0.39, 0.29) is 14.4 Å². The number of carbonyl (C=O) groups excluding carboxylic acids is 1. The van der Waals surface area contributed by atoms with E-state index in [1.807, 2.05) is 60.7 Å². The van der Waals surface area contributed by atoms with Crippen molar-refractivity contribution in [3.05, 3.63) is 71.8 Å². The van der Waals surface area contributed by atoms with Crippen LogP contribution < -0.4 is 5.32 Å². The molecule has 22 heavy (non-hydrogen) atoms. The Morgan fingerprint density at radius 2 is 1.50 bits per heavy atom. The molecule has 0 heterocycles. The summed E-state index contributed by atoms with van der Waals surface area (Å²) in [5, 5.41) is 1.73. The third-order valence-electron chi connectivity index (χ3n) is 3.66. The van der Waals surface area contributed by atoms with E-state index in [0.29, 0.717) is 6.54 Å². The van der Waals surface area contributed by atoms with Crippen molar-refractivity contribution < 1.29 is 9.36 Å². The van der Waals surface area contributed by atoms with Crippen LogP contribution >= 0.6 is 8.46 Å². The van der Waals surface area contributed by atoms with Crippen LogP contribution in [0.15, 0.2) is 60.7 Å². The standard InChI is InChI=1S/C18H20NO2P/c1-2-3-14-19-17(20)18(22-21,15-10-6-4-7-11-15)16-12-8-5-9-13-16/h4-13H,2-3,14H2,1H3,(H,19,20). The molecule has 0 aliphatic heterocycles. The molecule has 3 nitrogen and oxygen atoms in total. The molecule has 0 aliphatic rings. The first-order valence-corrected chi connectivity index (χ1v) is 8.30. The zero-order valence-corrected chi connectivity index (χ0v) is 13.6. The lowest BCUT2D eigenvalue weighted by Gasteiger charge is -2.27. The third-order valence-corrected chi connectivity index (χ3v) is 4.66. The van der Waals surface area contributed by atoms with Crippen LogP contribution in [-0.4, -0.2) is 12.5 Å². The SMILES string of the molecule is CCCCNC(=O)C(P=O)(c1ccccc1)c1ccccc1. The summed E-state index contributed by atoms with van der Waals surface area (Å²) in [7, 11) is -0.234. The van der Waals surface area contributed by atoms with Gasteiger partial charge in [0.15, 0.2) is 13.6 Å². The highest BCUT2D eigenvalue weighted by Crippen LogP contribution is 2.42. The summed E-state index contributed by atoms with van der Waals surface area (Å²) >= 11 is 0. The monoisotopic (exact) mass is 313 g/mol. The zero-order chi connectivity index (χ0) is 15.8. The van der Waals surface area contributed by atoms with Crippen LogP contribution in [0.25, 0.3) is 0 Å². The van der Waals surface area contributed by atoms with E-state index in [4.69, 9.17) is 0 Å². The smallest absolute Gasteiger partial charge is 0.246 e. The van der Waals surface area contributed by atoms with Gasteiger partial charge >= 0.3 is 0 Å². The molecular formula is C18H20NO2P. The van der Waals surface area contributed by atoms with Gasteiger partial charge in [0.25, 0.3) is 0 Å². The Labute approximate surface area is 133 Å². The molecule has 0 aliphatic carbocycles. The Balaban J connectivity index is 2.48. The predicted octanol–water partition coefficient (Wildman–Crippen LogP) is 4.14. The number of hydrogen-bond donors (Lipinski definition) is 1. The van der Waals surface area contributed by atoms with E-state index >= 15 is 0 Å². The van der Waals surface area contributed by atoms with Crippen molar-refractivity contribution in [3.63, 3.8) is 0 Å². The van der Waals surface area contributed by atoms with Gasteiger partial charge in [-0.25, -0.2) is 0 Å². The molecule has 0 radical (unpaired) electrons. The maximum Gasteiger partial charge on any atom is 0.246 e. The number of hydrogen-bond acceptors (Lipinski definition) is 2. The summed E-state index contributed by atoms with van der Waals surface area (Å²) < 4.78 is 12.1. The maximum absolute atomic E-state index is 12.9. The van der Waals surface area contributed by atoms with E-state index in [2.05, 4.69) is 12.2 Å². The molecule has 114 valence electrons. The molecular weight excluding hydrogens is 293 g/mol. The largest absolute Gasteiger partial charge is 0.354 e. The lowest BCUT2D eigenvalue weighted by molar-refractivity contribution is -0.122. The Kier molecular flexibility index (Phi) is 5.85. The van der Waals surface area contributed by atoms with Gasteiger partial charge in [0, 0.05) is 6.54 Å². The van der Waals surface area contributed by atoms with Crippen LogP contribution in [0.4, 0.5) is 0 Å². The molecule has 4 heteroatoms. The molecule has 0 fully saturated rings. The summed E-state index contributed by atoms with van der Waals surface area (Å²) in [6.07, 6.45) is 1.90. The van der Waals surface area contributed by atoms with Crippen molar-refractivity contribution in [1.29, 1.82) is 0 Å². The lowest BCUT2D eigenvalue weighted by Crippen LogP contribution is -2.41. The molecule has 0 saturated heterocycles. The van der Waals surface area contributed by atoms with Crippen LogP contribution in [0, 0.1) is 0 Å². The summed E-state index contributed by atoms with van der Waals surface area (Å²) in [5.74, 6) is -0.227. The molecule has 0 bridgehead atoms. The second-order valence-corrected chi connectivity index (χ2v) is 6.00. The third kappa shape index (κ3) is 3.26. The molecule has 1 amide bonds. The fourth-order valence-corrected chi connectivity index (χ4v) is 3.11. The number of nitrogens with one attached hydrogen (secondary N) is 1. The van der Waals surface area contributed by atoms with E-state index in [1.165, 1.54) is 0 Å². The van der Waals surface area contributed by atoms with Gasteiger partial charge in [-0.3, -0.25) is 9.36 Å². The van der Waals surface area contributed by atoms with E-state index in [9.17, 15) is 9.36 Å². The van der Waals surface area contributed by atoms with Gasteiger partial charge in [-0.1, -0.05) is 74.0 Å². The fraction of sp³-hybridized carbons (Fsp3) is 0.278. The summed E-state index contributed by atoms with van der Waals surface area (Å²) in [6, 6.07) is 18.6. The fourth-order valence-electron chi connectivity index (χ4n) is 2.44. The molecule has 0 atom stereocenters. The van der Waals surface area contributed by atoms with Crippen molar-refractivity contribution in [2.45, 2.75) is 24.9 Å². The van der Waals surface area contributed by atoms with Crippen LogP contribution in [-0.2, 0) is 14.5 Å². The van der Waals surface area contributed by atoms with Crippen molar-refractivity contribution >= 4 is 14.4 Å².